The Morgan fingerprint density at radius 2 is 2.10 bits per heavy atom. The van der Waals surface area contributed by atoms with E-state index in [-0.39, 0.29) is 24.9 Å². The quantitative estimate of drug-likeness (QED) is 0.890. The van der Waals surface area contributed by atoms with E-state index in [0.29, 0.717) is 18.5 Å². The normalized spacial score (nSPS) is 25.9. The Morgan fingerprint density at radius 3 is 2.62 bits per heavy atom. The van der Waals surface area contributed by atoms with Crippen LogP contribution in [0.1, 0.15) is 36.5 Å². The molecule has 21 heavy (non-hydrogen) atoms. The molecule has 0 bridgehead atoms. The first-order chi connectivity index (χ1) is 10.0. The van der Waals surface area contributed by atoms with Crippen LogP contribution in [0, 0.1) is 11.2 Å². The number of aliphatic hydroxyl groups is 2. The fourth-order valence-corrected chi connectivity index (χ4v) is 3.03. The first kappa shape index (κ1) is 15.9. The van der Waals surface area contributed by atoms with Gasteiger partial charge in [-0.05, 0) is 37.1 Å². The molecular weight excluding hydrogens is 273 g/mol. The number of aliphatic hydroxyl groups excluding tert-OH is 2. The van der Waals surface area contributed by atoms with Crippen LogP contribution in [0.25, 0.3) is 0 Å². The highest BCUT2D eigenvalue weighted by molar-refractivity contribution is 5.94. The van der Waals surface area contributed by atoms with Gasteiger partial charge >= 0.3 is 0 Å². The Labute approximate surface area is 124 Å². The van der Waals surface area contributed by atoms with Gasteiger partial charge in [0.1, 0.15) is 5.82 Å². The van der Waals surface area contributed by atoms with Crippen LogP contribution >= 0.6 is 0 Å². The Kier molecular flexibility index (Phi) is 4.96. The summed E-state index contributed by atoms with van der Waals surface area (Å²) in [5.41, 5.74) is -0.0930. The van der Waals surface area contributed by atoms with E-state index in [4.69, 9.17) is 0 Å². The molecule has 5 heteroatoms. The first-order valence-electron chi connectivity index (χ1n) is 7.36. The van der Waals surface area contributed by atoms with Crippen molar-refractivity contribution in [3.05, 3.63) is 35.6 Å². The highest BCUT2D eigenvalue weighted by Gasteiger charge is 2.42. The van der Waals surface area contributed by atoms with Crippen molar-refractivity contribution < 1.29 is 19.4 Å². The topological polar surface area (TPSA) is 60.8 Å². The molecular formula is C16H22FNO3. The number of likely N-dealkylation sites (tertiary alicyclic amines) is 1. The third kappa shape index (κ3) is 3.24. The molecule has 0 aliphatic carbocycles. The smallest absolute Gasteiger partial charge is 0.253 e. The largest absolute Gasteiger partial charge is 0.396 e. The third-order valence-corrected chi connectivity index (χ3v) is 4.42. The predicted octanol–water partition coefficient (Wildman–Crippen LogP) is 1.81. The van der Waals surface area contributed by atoms with E-state index in [9.17, 15) is 19.4 Å². The summed E-state index contributed by atoms with van der Waals surface area (Å²) in [7, 11) is 0. The SMILES string of the molecule is CCC[C@]1(CO)CCN(C(=O)c2ccc(F)cc2)C[C@@H]1O. The molecule has 1 fully saturated rings. The lowest BCUT2D eigenvalue weighted by Crippen LogP contribution is -2.54. The summed E-state index contributed by atoms with van der Waals surface area (Å²) < 4.78 is 12.9. The zero-order valence-electron chi connectivity index (χ0n) is 12.3. The van der Waals surface area contributed by atoms with E-state index in [0.717, 1.165) is 12.8 Å². The van der Waals surface area contributed by atoms with Crippen LogP contribution in [0.3, 0.4) is 0 Å². The number of hydrogen-bond acceptors (Lipinski definition) is 3. The van der Waals surface area contributed by atoms with Crippen molar-refractivity contribution in [1.82, 2.24) is 4.90 Å². The van der Waals surface area contributed by atoms with Crippen LogP contribution in [-0.4, -0.2) is 46.8 Å². The molecule has 4 nitrogen and oxygen atoms in total. The molecule has 1 aromatic carbocycles. The van der Waals surface area contributed by atoms with E-state index in [1.54, 1.807) is 4.90 Å². The van der Waals surface area contributed by atoms with E-state index in [1.165, 1.54) is 24.3 Å². The predicted molar refractivity (Wildman–Crippen MR) is 77.4 cm³/mol. The molecule has 2 atom stereocenters. The van der Waals surface area contributed by atoms with Crippen LogP contribution in [0.5, 0.6) is 0 Å². The molecule has 1 heterocycles. The monoisotopic (exact) mass is 295 g/mol. The van der Waals surface area contributed by atoms with Crippen molar-refractivity contribution >= 4 is 5.91 Å². The van der Waals surface area contributed by atoms with Crippen LogP contribution < -0.4 is 0 Å². The van der Waals surface area contributed by atoms with E-state index < -0.39 is 11.5 Å². The Hall–Kier alpha value is -1.46. The van der Waals surface area contributed by atoms with Gasteiger partial charge in [-0.3, -0.25) is 4.79 Å². The number of piperidine rings is 1. The molecule has 2 rings (SSSR count). The summed E-state index contributed by atoms with van der Waals surface area (Å²) in [5.74, 6) is -0.593. The molecule has 0 radical (unpaired) electrons. The van der Waals surface area contributed by atoms with Crippen molar-refractivity contribution in [2.75, 3.05) is 19.7 Å². The number of benzene rings is 1. The molecule has 0 saturated carbocycles. The van der Waals surface area contributed by atoms with Gasteiger partial charge in [0.15, 0.2) is 0 Å². The summed E-state index contributed by atoms with van der Waals surface area (Å²) in [5, 5.41) is 20.0. The fourth-order valence-electron chi connectivity index (χ4n) is 3.03. The number of rotatable bonds is 4. The Morgan fingerprint density at radius 1 is 1.43 bits per heavy atom. The average molecular weight is 295 g/mol. The molecule has 2 N–H and O–H groups in total. The maximum atomic E-state index is 12.9. The second-order valence-corrected chi connectivity index (χ2v) is 5.79. The van der Waals surface area contributed by atoms with Crippen molar-refractivity contribution in [1.29, 1.82) is 0 Å². The number of hydrogen-bond donors (Lipinski definition) is 2. The lowest BCUT2D eigenvalue weighted by atomic mass is 9.73. The average Bonchev–Trinajstić information content (AvgIpc) is 2.49. The van der Waals surface area contributed by atoms with Crippen molar-refractivity contribution in [2.45, 2.75) is 32.3 Å². The highest BCUT2D eigenvalue weighted by Crippen LogP contribution is 2.36. The van der Waals surface area contributed by atoms with Gasteiger partial charge in [0.25, 0.3) is 5.91 Å². The number of carbonyl (C=O) groups excluding carboxylic acids is 1. The van der Waals surface area contributed by atoms with E-state index in [1.807, 2.05) is 6.92 Å². The molecule has 1 aliphatic heterocycles. The summed E-state index contributed by atoms with van der Waals surface area (Å²) in [4.78, 5) is 13.9. The number of halogens is 1. The molecule has 0 spiro atoms. The minimum atomic E-state index is -0.736. The van der Waals surface area contributed by atoms with Gasteiger partial charge in [-0.2, -0.15) is 0 Å². The van der Waals surface area contributed by atoms with Crippen LogP contribution in [0.4, 0.5) is 4.39 Å². The third-order valence-electron chi connectivity index (χ3n) is 4.42. The lowest BCUT2D eigenvalue weighted by molar-refractivity contribution is -0.0713. The van der Waals surface area contributed by atoms with Gasteiger partial charge in [-0.1, -0.05) is 13.3 Å². The molecule has 1 amide bonds. The van der Waals surface area contributed by atoms with Gasteiger partial charge in [-0.25, -0.2) is 4.39 Å². The zero-order chi connectivity index (χ0) is 15.5. The van der Waals surface area contributed by atoms with Gasteiger partial charge in [0, 0.05) is 24.1 Å². The number of β-amino-alcohol motifs (C(OH)–C–C–N with tert-alkyl or cyclic N) is 1. The van der Waals surface area contributed by atoms with Crippen molar-refractivity contribution in [3.8, 4) is 0 Å². The zero-order valence-corrected chi connectivity index (χ0v) is 12.3. The number of nitrogens with zero attached hydrogens (tertiary/aromatic N) is 1. The summed E-state index contributed by atoms with van der Waals surface area (Å²) >= 11 is 0. The molecule has 0 aromatic heterocycles. The number of carbonyl (C=O) groups is 1. The highest BCUT2D eigenvalue weighted by atomic mass is 19.1. The van der Waals surface area contributed by atoms with Crippen molar-refractivity contribution in [2.24, 2.45) is 5.41 Å². The van der Waals surface area contributed by atoms with E-state index in [2.05, 4.69) is 0 Å². The van der Waals surface area contributed by atoms with Crippen molar-refractivity contribution in [3.63, 3.8) is 0 Å². The first-order valence-corrected chi connectivity index (χ1v) is 7.36. The maximum Gasteiger partial charge on any atom is 0.253 e. The molecule has 0 unspecified atom stereocenters. The van der Waals surface area contributed by atoms with Gasteiger partial charge in [-0.15, -0.1) is 0 Å². The standard InChI is InChI=1S/C16H22FNO3/c1-2-7-16(11-19)8-9-18(10-14(16)20)15(21)12-3-5-13(17)6-4-12/h3-6,14,19-20H,2,7-11H2,1H3/t14-,16+/m0/s1. The lowest BCUT2D eigenvalue weighted by Gasteiger charge is -2.44. The van der Waals surface area contributed by atoms with Crippen LogP contribution in [0.2, 0.25) is 0 Å². The minimum absolute atomic E-state index is 0.0689. The second kappa shape index (κ2) is 6.54. The Balaban J connectivity index is 2.08. The summed E-state index contributed by atoms with van der Waals surface area (Å²) in [6.07, 6.45) is 1.46. The summed E-state index contributed by atoms with van der Waals surface area (Å²) in [6.45, 7) is 2.64. The second-order valence-electron chi connectivity index (χ2n) is 5.79. The fraction of sp³-hybridized carbons (Fsp3) is 0.562. The molecule has 1 aliphatic rings. The van der Waals surface area contributed by atoms with Gasteiger partial charge in [0.05, 0.1) is 12.7 Å². The van der Waals surface area contributed by atoms with Crippen LogP contribution in [-0.2, 0) is 0 Å². The molecule has 116 valence electrons. The van der Waals surface area contributed by atoms with Gasteiger partial charge < -0.3 is 15.1 Å². The maximum absolute atomic E-state index is 12.9. The summed E-state index contributed by atoms with van der Waals surface area (Å²) in [6, 6.07) is 5.40. The number of amides is 1. The molecule has 1 aromatic rings. The van der Waals surface area contributed by atoms with E-state index >= 15 is 0 Å². The minimum Gasteiger partial charge on any atom is -0.396 e. The van der Waals surface area contributed by atoms with Crippen LogP contribution in [0.15, 0.2) is 24.3 Å². The molecule has 1 saturated heterocycles. The Bertz CT molecular complexity index is 491. The van der Waals surface area contributed by atoms with Gasteiger partial charge in [0.2, 0.25) is 0 Å².